The van der Waals surface area contributed by atoms with Crippen LogP contribution in [0.15, 0.2) is 84.7 Å². The van der Waals surface area contributed by atoms with E-state index in [0.29, 0.717) is 28.3 Å². The van der Waals surface area contributed by atoms with Crippen LogP contribution >= 0.6 is 0 Å². The van der Waals surface area contributed by atoms with Crippen LogP contribution < -0.4 is 10.5 Å². The molecular formula is C25H25NO4. The van der Waals surface area contributed by atoms with E-state index in [1.54, 1.807) is 68.5 Å². The van der Waals surface area contributed by atoms with E-state index in [0.717, 1.165) is 0 Å². The summed E-state index contributed by atoms with van der Waals surface area (Å²) in [5.41, 5.74) is 5.83. The summed E-state index contributed by atoms with van der Waals surface area (Å²) in [6.07, 6.45) is 9.29. The van der Waals surface area contributed by atoms with Crippen LogP contribution in [0.1, 0.15) is 41.5 Å². The fourth-order valence-electron chi connectivity index (χ4n) is 2.94. The third-order valence-corrected chi connectivity index (χ3v) is 4.61. The van der Waals surface area contributed by atoms with Crippen LogP contribution in [0.4, 0.5) is 5.69 Å². The van der Waals surface area contributed by atoms with Gasteiger partial charge in [0.1, 0.15) is 11.5 Å². The lowest BCUT2D eigenvalue weighted by Gasteiger charge is -2.25. The van der Waals surface area contributed by atoms with Crippen molar-refractivity contribution >= 4 is 17.4 Å². The van der Waals surface area contributed by atoms with Crippen LogP contribution in [0.3, 0.4) is 0 Å². The molecule has 0 saturated carbocycles. The molecule has 2 N–H and O–H groups in total. The lowest BCUT2D eigenvalue weighted by molar-refractivity contribution is 0.0584. The topological polar surface area (TPSA) is 78.6 Å². The number of Topliss-reactive ketones (excluding diaryl/α,β-unsaturated/α-hetero) is 1. The normalized spacial score (nSPS) is 15.8. The monoisotopic (exact) mass is 403 g/mol. The number of carbonyl (C=O) groups excluding carboxylic acids is 2. The van der Waals surface area contributed by atoms with Gasteiger partial charge in [-0.1, -0.05) is 37.3 Å². The van der Waals surface area contributed by atoms with Crippen LogP contribution in [0.2, 0.25) is 0 Å². The predicted molar refractivity (Wildman–Crippen MR) is 117 cm³/mol. The summed E-state index contributed by atoms with van der Waals surface area (Å²) < 4.78 is 11.3. The smallest absolute Gasteiger partial charge is 0.343 e. The molecule has 0 bridgehead atoms. The van der Waals surface area contributed by atoms with Crippen molar-refractivity contribution in [3.05, 3.63) is 95.8 Å². The molecule has 1 unspecified atom stereocenters. The summed E-state index contributed by atoms with van der Waals surface area (Å²) in [7, 11) is 0. The van der Waals surface area contributed by atoms with Gasteiger partial charge in [0.25, 0.3) is 0 Å². The minimum absolute atomic E-state index is 0.251. The van der Waals surface area contributed by atoms with Crippen LogP contribution in [0.25, 0.3) is 0 Å². The molecule has 2 aromatic rings. The number of ketones is 1. The second-order valence-corrected chi connectivity index (χ2v) is 7.65. The number of anilines is 1. The Labute approximate surface area is 176 Å². The molecule has 30 heavy (non-hydrogen) atoms. The van der Waals surface area contributed by atoms with Crippen molar-refractivity contribution in [2.24, 2.45) is 5.92 Å². The summed E-state index contributed by atoms with van der Waals surface area (Å²) in [5, 5.41) is 0. The maximum atomic E-state index is 13.1. The van der Waals surface area contributed by atoms with Gasteiger partial charge in [-0.15, -0.1) is 0 Å². The second kappa shape index (κ2) is 8.82. The number of ether oxygens (including phenoxy) is 2. The highest BCUT2D eigenvalue weighted by Crippen LogP contribution is 2.24. The quantitative estimate of drug-likeness (QED) is 0.412. The zero-order valence-electron chi connectivity index (χ0n) is 17.3. The molecule has 154 valence electrons. The van der Waals surface area contributed by atoms with Gasteiger partial charge in [0.2, 0.25) is 5.78 Å². The van der Waals surface area contributed by atoms with E-state index in [1.807, 2.05) is 25.2 Å². The molecule has 0 aromatic heterocycles. The average Bonchev–Trinajstić information content (AvgIpc) is 2.93. The molecule has 1 aliphatic rings. The van der Waals surface area contributed by atoms with Crippen LogP contribution in [0, 0.1) is 5.92 Å². The Hall–Kier alpha value is -3.60. The van der Waals surface area contributed by atoms with Gasteiger partial charge < -0.3 is 15.2 Å². The van der Waals surface area contributed by atoms with E-state index in [-0.39, 0.29) is 11.7 Å². The number of hydrogen-bond donors (Lipinski definition) is 1. The van der Waals surface area contributed by atoms with Crippen molar-refractivity contribution in [1.29, 1.82) is 0 Å². The van der Waals surface area contributed by atoms with E-state index in [9.17, 15) is 9.59 Å². The molecule has 0 spiro atoms. The Kier molecular flexibility index (Phi) is 6.21. The van der Waals surface area contributed by atoms with Crippen molar-refractivity contribution < 1.29 is 19.1 Å². The van der Waals surface area contributed by atoms with Crippen molar-refractivity contribution in [1.82, 2.24) is 0 Å². The third kappa shape index (κ3) is 5.26. The number of rotatable bonds is 6. The fraction of sp³-hybridized carbons (Fsp3) is 0.200. The lowest BCUT2D eigenvalue weighted by Crippen LogP contribution is -2.38. The van der Waals surface area contributed by atoms with Gasteiger partial charge in [-0.05, 0) is 68.3 Å². The highest BCUT2D eigenvalue weighted by molar-refractivity contribution is 6.04. The van der Waals surface area contributed by atoms with Gasteiger partial charge in [-0.2, -0.15) is 0 Å². The first-order valence-corrected chi connectivity index (χ1v) is 9.73. The first-order chi connectivity index (χ1) is 14.2. The van der Waals surface area contributed by atoms with Crippen molar-refractivity contribution in [2.45, 2.75) is 26.4 Å². The average molecular weight is 403 g/mol. The van der Waals surface area contributed by atoms with Gasteiger partial charge in [0.05, 0.1) is 5.56 Å². The largest absolute Gasteiger partial charge is 0.480 e. The summed E-state index contributed by atoms with van der Waals surface area (Å²) >= 11 is 0. The molecule has 1 aliphatic carbocycles. The Balaban J connectivity index is 1.75. The van der Waals surface area contributed by atoms with Gasteiger partial charge in [-0.3, -0.25) is 4.79 Å². The maximum Gasteiger partial charge on any atom is 0.343 e. The Morgan fingerprint density at radius 2 is 1.70 bits per heavy atom. The fourth-order valence-corrected chi connectivity index (χ4v) is 2.94. The van der Waals surface area contributed by atoms with Crippen LogP contribution in [-0.2, 0) is 4.74 Å². The van der Waals surface area contributed by atoms with Crippen molar-refractivity contribution in [2.75, 3.05) is 5.73 Å². The van der Waals surface area contributed by atoms with Gasteiger partial charge in [0.15, 0.2) is 5.60 Å². The number of esters is 1. The minimum Gasteiger partial charge on any atom is -0.480 e. The van der Waals surface area contributed by atoms with E-state index in [1.165, 1.54) is 6.07 Å². The van der Waals surface area contributed by atoms with Crippen LogP contribution in [0.5, 0.6) is 5.75 Å². The molecule has 2 aromatic carbocycles. The summed E-state index contributed by atoms with van der Waals surface area (Å²) in [5.74, 6) is 0.471. The standard InChI is InChI=1S/C25H25NO4/c1-17-6-4-9-21(13-10-17)29-24(28)19-8-5-7-18(16-19)23(27)25(2,3)30-22-14-11-20(26)12-15-22/h4-17H,26H2,1-3H3. The van der Waals surface area contributed by atoms with Crippen molar-refractivity contribution in [3.8, 4) is 5.75 Å². The van der Waals surface area contributed by atoms with Crippen molar-refractivity contribution in [3.63, 3.8) is 0 Å². The third-order valence-electron chi connectivity index (χ3n) is 4.61. The second-order valence-electron chi connectivity index (χ2n) is 7.65. The molecule has 5 heteroatoms. The number of benzene rings is 2. The van der Waals surface area contributed by atoms with Gasteiger partial charge in [-0.25, -0.2) is 4.79 Å². The summed E-state index contributed by atoms with van der Waals surface area (Å²) in [6, 6.07) is 13.3. The van der Waals surface area contributed by atoms with Gasteiger partial charge in [0, 0.05) is 11.3 Å². The minimum atomic E-state index is -1.13. The predicted octanol–water partition coefficient (Wildman–Crippen LogP) is 5.11. The molecule has 0 amide bonds. The number of nitrogens with two attached hydrogens (primary N) is 1. The Bertz CT molecular complexity index is 1030. The summed E-state index contributed by atoms with van der Waals surface area (Å²) in [4.78, 5) is 25.6. The number of hydrogen-bond acceptors (Lipinski definition) is 5. The highest BCUT2D eigenvalue weighted by atomic mass is 16.5. The molecule has 0 saturated heterocycles. The van der Waals surface area contributed by atoms with E-state index < -0.39 is 11.6 Å². The zero-order valence-corrected chi connectivity index (χ0v) is 17.3. The molecular weight excluding hydrogens is 378 g/mol. The number of allylic oxidation sites excluding steroid dienone is 5. The Morgan fingerprint density at radius 3 is 2.43 bits per heavy atom. The van der Waals surface area contributed by atoms with E-state index >= 15 is 0 Å². The Morgan fingerprint density at radius 1 is 1.00 bits per heavy atom. The molecule has 0 fully saturated rings. The molecule has 0 heterocycles. The van der Waals surface area contributed by atoms with E-state index in [2.05, 4.69) is 0 Å². The molecule has 0 aliphatic heterocycles. The first-order valence-electron chi connectivity index (χ1n) is 9.73. The SMILES string of the molecule is CC1C=CC=C(OC(=O)c2cccc(C(=O)C(C)(C)Oc3ccc(N)cc3)c2)C=C1. The molecule has 1 atom stereocenters. The highest BCUT2D eigenvalue weighted by Gasteiger charge is 2.31. The summed E-state index contributed by atoms with van der Waals surface area (Å²) in [6.45, 7) is 5.41. The lowest BCUT2D eigenvalue weighted by atomic mass is 9.95. The van der Waals surface area contributed by atoms with Gasteiger partial charge >= 0.3 is 5.97 Å². The molecule has 0 radical (unpaired) electrons. The number of nitrogen functional groups attached to an aromatic ring is 1. The molecule has 5 nitrogen and oxygen atoms in total. The zero-order chi connectivity index (χ0) is 21.7. The first kappa shape index (κ1) is 21.1. The molecule has 3 rings (SSSR count). The maximum absolute atomic E-state index is 13.1. The van der Waals surface area contributed by atoms with Crippen LogP contribution in [-0.4, -0.2) is 17.4 Å². The van der Waals surface area contributed by atoms with E-state index in [4.69, 9.17) is 15.2 Å². The number of carbonyl (C=O) groups is 2.